The Morgan fingerprint density at radius 3 is 2.16 bits per heavy atom. The molecule has 0 saturated heterocycles. The summed E-state index contributed by atoms with van der Waals surface area (Å²) in [6.07, 6.45) is -4.35. The Morgan fingerprint density at radius 2 is 1.60 bits per heavy atom. The molecule has 2 aromatic carbocycles. The topological polar surface area (TPSA) is 39.2 Å². The molecule has 1 aromatic heterocycles. The Balaban J connectivity index is 1.84. The fourth-order valence-corrected chi connectivity index (χ4v) is 3.07. The van der Waals surface area contributed by atoms with E-state index in [-0.39, 0.29) is 0 Å². The Hall–Kier alpha value is -2.67. The molecule has 0 fully saturated rings. The Bertz CT molecular complexity index is 884. The number of hydrogen-bond donors (Lipinski definition) is 0. The molecule has 0 atom stereocenters. The van der Waals surface area contributed by atoms with Crippen molar-refractivity contribution in [3.05, 3.63) is 65.0 Å². The first kappa shape index (κ1) is 17.2. The average molecular weight is 363 g/mol. The first-order valence-corrected chi connectivity index (χ1v) is 8.08. The molecule has 0 aliphatic carbocycles. The van der Waals surface area contributed by atoms with Crippen LogP contribution in [0.5, 0.6) is 0 Å². The number of esters is 1. The highest BCUT2D eigenvalue weighted by molar-refractivity contribution is 7.13. The van der Waals surface area contributed by atoms with E-state index in [0.717, 1.165) is 17.7 Å². The predicted octanol–water partition coefficient (Wildman–Crippen LogP) is 5.28. The van der Waals surface area contributed by atoms with Gasteiger partial charge in [-0.3, -0.25) is 0 Å². The fraction of sp³-hybridized carbons (Fsp3) is 0.111. The summed E-state index contributed by atoms with van der Waals surface area (Å²) in [5.41, 5.74) is 1.78. The molecule has 0 aliphatic rings. The van der Waals surface area contributed by atoms with Gasteiger partial charge in [0.2, 0.25) is 0 Å². The van der Waals surface area contributed by atoms with Crippen LogP contribution in [0.1, 0.15) is 15.9 Å². The van der Waals surface area contributed by atoms with Gasteiger partial charge in [0.15, 0.2) is 0 Å². The van der Waals surface area contributed by atoms with Crippen molar-refractivity contribution in [2.45, 2.75) is 6.18 Å². The molecule has 0 radical (unpaired) electrons. The van der Waals surface area contributed by atoms with Crippen molar-refractivity contribution >= 4 is 17.3 Å². The summed E-state index contributed by atoms with van der Waals surface area (Å²) in [7, 11) is 1.31. The molecule has 0 aliphatic heterocycles. The maximum atomic E-state index is 12.6. The fourth-order valence-electron chi connectivity index (χ4n) is 2.24. The van der Waals surface area contributed by atoms with E-state index in [1.54, 1.807) is 29.6 Å². The van der Waals surface area contributed by atoms with Gasteiger partial charge in [0, 0.05) is 16.5 Å². The summed E-state index contributed by atoms with van der Waals surface area (Å²) in [5, 5.41) is 2.50. The summed E-state index contributed by atoms with van der Waals surface area (Å²) in [5.74, 6) is -0.420. The van der Waals surface area contributed by atoms with Crippen LogP contribution in [0, 0.1) is 0 Å². The van der Waals surface area contributed by atoms with E-state index in [1.165, 1.54) is 30.6 Å². The third-order valence-electron chi connectivity index (χ3n) is 3.57. The van der Waals surface area contributed by atoms with Gasteiger partial charge in [-0.15, -0.1) is 11.3 Å². The molecular weight excluding hydrogens is 351 g/mol. The number of carbonyl (C=O) groups excluding carboxylic acids is 1. The van der Waals surface area contributed by atoms with Crippen molar-refractivity contribution in [2.75, 3.05) is 7.11 Å². The zero-order valence-electron chi connectivity index (χ0n) is 13.0. The standard InChI is InChI=1S/C18H12F3NO2S/c1-24-17(23)13-4-2-12(3-5-13)16-22-15(10-25-16)11-6-8-14(9-7-11)18(19,20)21/h2-10H,1H3. The summed E-state index contributed by atoms with van der Waals surface area (Å²) in [4.78, 5) is 15.9. The Kier molecular flexibility index (Phi) is 4.59. The van der Waals surface area contributed by atoms with Gasteiger partial charge in [-0.05, 0) is 24.3 Å². The van der Waals surface area contributed by atoms with Crippen molar-refractivity contribution in [3.63, 3.8) is 0 Å². The summed E-state index contributed by atoms with van der Waals surface area (Å²) >= 11 is 1.38. The molecule has 0 amide bonds. The second-order valence-corrected chi connectivity index (χ2v) is 6.04. The summed E-state index contributed by atoms with van der Waals surface area (Å²) in [6.45, 7) is 0. The highest BCUT2D eigenvalue weighted by atomic mass is 32.1. The lowest BCUT2D eigenvalue weighted by Crippen LogP contribution is -2.03. The minimum Gasteiger partial charge on any atom is -0.465 e. The number of hydrogen-bond acceptors (Lipinski definition) is 4. The summed E-state index contributed by atoms with van der Waals surface area (Å²) in [6, 6.07) is 11.7. The number of benzene rings is 2. The molecule has 0 saturated carbocycles. The molecular formula is C18H12F3NO2S. The second kappa shape index (κ2) is 6.68. The molecule has 1 heterocycles. The van der Waals surface area contributed by atoms with Crippen LogP contribution in [0.15, 0.2) is 53.9 Å². The molecule has 7 heteroatoms. The maximum absolute atomic E-state index is 12.6. The minimum absolute atomic E-state index is 0.420. The molecule has 3 nitrogen and oxygen atoms in total. The number of ether oxygens (including phenoxy) is 1. The lowest BCUT2D eigenvalue weighted by Gasteiger charge is -2.06. The SMILES string of the molecule is COC(=O)c1ccc(-c2nc(-c3ccc(C(F)(F)F)cc3)cs2)cc1. The molecule has 3 aromatic rings. The maximum Gasteiger partial charge on any atom is 0.416 e. The van der Waals surface area contributed by atoms with Crippen LogP contribution in [0.3, 0.4) is 0 Å². The summed E-state index contributed by atoms with van der Waals surface area (Å²) < 4.78 is 42.5. The van der Waals surface area contributed by atoms with Crippen molar-refractivity contribution in [3.8, 4) is 21.8 Å². The quantitative estimate of drug-likeness (QED) is 0.594. The smallest absolute Gasteiger partial charge is 0.416 e. The van der Waals surface area contributed by atoms with Gasteiger partial charge in [0.05, 0.1) is 23.9 Å². The number of methoxy groups -OCH3 is 1. The van der Waals surface area contributed by atoms with Gasteiger partial charge in [0.25, 0.3) is 0 Å². The number of halogens is 3. The molecule has 128 valence electrons. The number of rotatable bonds is 3. The van der Waals surface area contributed by atoms with E-state index >= 15 is 0 Å². The Morgan fingerprint density at radius 1 is 1.00 bits per heavy atom. The van der Waals surface area contributed by atoms with Crippen molar-refractivity contribution in [1.29, 1.82) is 0 Å². The van der Waals surface area contributed by atoms with E-state index in [4.69, 9.17) is 0 Å². The lowest BCUT2D eigenvalue weighted by atomic mass is 10.1. The van der Waals surface area contributed by atoms with Crippen LogP contribution in [0.2, 0.25) is 0 Å². The van der Waals surface area contributed by atoms with E-state index < -0.39 is 17.7 Å². The monoisotopic (exact) mass is 363 g/mol. The second-order valence-electron chi connectivity index (χ2n) is 5.18. The van der Waals surface area contributed by atoms with Crippen molar-refractivity contribution in [2.24, 2.45) is 0 Å². The van der Waals surface area contributed by atoms with Gasteiger partial charge in [-0.25, -0.2) is 9.78 Å². The molecule has 0 unspecified atom stereocenters. The first-order chi connectivity index (χ1) is 11.9. The van der Waals surface area contributed by atoms with Gasteiger partial charge < -0.3 is 4.74 Å². The van der Waals surface area contributed by atoms with Crippen molar-refractivity contribution in [1.82, 2.24) is 4.98 Å². The lowest BCUT2D eigenvalue weighted by molar-refractivity contribution is -0.137. The minimum atomic E-state index is -4.35. The zero-order chi connectivity index (χ0) is 18.0. The van der Waals surface area contributed by atoms with Gasteiger partial charge in [-0.2, -0.15) is 13.2 Å². The normalized spacial score (nSPS) is 11.4. The molecule has 0 N–H and O–H groups in total. The third-order valence-corrected chi connectivity index (χ3v) is 4.46. The van der Waals surface area contributed by atoms with Crippen LogP contribution in [-0.2, 0) is 10.9 Å². The number of alkyl halides is 3. The zero-order valence-corrected chi connectivity index (χ0v) is 13.8. The van der Waals surface area contributed by atoms with E-state index in [0.29, 0.717) is 21.8 Å². The molecule has 0 bridgehead atoms. The van der Waals surface area contributed by atoms with Crippen LogP contribution >= 0.6 is 11.3 Å². The van der Waals surface area contributed by atoms with Gasteiger partial charge >= 0.3 is 12.1 Å². The average Bonchev–Trinajstić information content (AvgIpc) is 3.10. The van der Waals surface area contributed by atoms with Crippen LogP contribution in [0.25, 0.3) is 21.8 Å². The Labute approximate surface area is 145 Å². The number of nitrogens with zero attached hydrogens (tertiary/aromatic N) is 1. The molecule has 25 heavy (non-hydrogen) atoms. The van der Waals surface area contributed by atoms with E-state index in [9.17, 15) is 18.0 Å². The van der Waals surface area contributed by atoms with Crippen LogP contribution < -0.4 is 0 Å². The highest BCUT2D eigenvalue weighted by Gasteiger charge is 2.30. The number of carbonyl (C=O) groups is 1. The molecule has 0 spiro atoms. The van der Waals surface area contributed by atoms with Gasteiger partial charge in [0.1, 0.15) is 5.01 Å². The van der Waals surface area contributed by atoms with E-state index in [2.05, 4.69) is 9.72 Å². The van der Waals surface area contributed by atoms with Gasteiger partial charge in [-0.1, -0.05) is 24.3 Å². The van der Waals surface area contributed by atoms with Crippen LogP contribution in [0.4, 0.5) is 13.2 Å². The largest absolute Gasteiger partial charge is 0.465 e. The number of thiazole rings is 1. The number of aromatic nitrogens is 1. The van der Waals surface area contributed by atoms with Crippen LogP contribution in [-0.4, -0.2) is 18.1 Å². The predicted molar refractivity (Wildman–Crippen MR) is 89.3 cm³/mol. The first-order valence-electron chi connectivity index (χ1n) is 7.20. The third kappa shape index (κ3) is 3.71. The molecule has 3 rings (SSSR count). The van der Waals surface area contributed by atoms with Crippen molar-refractivity contribution < 1.29 is 22.7 Å². The highest BCUT2D eigenvalue weighted by Crippen LogP contribution is 2.32. The van der Waals surface area contributed by atoms with E-state index in [1.807, 2.05) is 0 Å².